The van der Waals surface area contributed by atoms with Crippen LogP contribution in [-0.4, -0.2) is 19.6 Å². The Morgan fingerprint density at radius 3 is 2.69 bits per heavy atom. The number of esters is 1. The van der Waals surface area contributed by atoms with E-state index in [0.717, 1.165) is 12.0 Å². The van der Waals surface area contributed by atoms with Gasteiger partial charge in [0.15, 0.2) is 0 Å². The van der Waals surface area contributed by atoms with Gasteiger partial charge in [0.25, 0.3) is 0 Å². The van der Waals surface area contributed by atoms with Crippen molar-refractivity contribution in [3.8, 4) is 0 Å². The van der Waals surface area contributed by atoms with Crippen molar-refractivity contribution in [2.24, 2.45) is 5.92 Å². The first kappa shape index (κ1) is 11.1. The topological polar surface area (TPSA) is 38.3 Å². The number of likely N-dealkylation sites (N-methyl/N-ethyl adjacent to an activating group) is 1. The fraction of sp³-hybridized carbons (Fsp3) is 0.462. The minimum absolute atomic E-state index is 0.167. The third kappa shape index (κ3) is 1.71. The third-order valence-corrected chi connectivity index (χ3v) is 3.20. The van der Waals surface area contributed by atoms with Crippen LogP contribution < -0.4 is 5.32 Å². The zero-order valence-corrected chi connectivity index (χ0v) is 9.69. The van der Waals surface area contributed by atoms with Crippen LogP contribution in [0.2, 0.25) is 0 Å². The summed E-state index contributed by atoms with van der Waals surface area (Å²) in [5.41, 5.74) is 0.313. The maximum Gasteiger partial charge on any atom is 0.331 e. The Labute approximate surface area is 95.8 Å². The van der Waals surface area contributed by atoms with Crippen LogP contribution in [0.4, 0.5) is 0 Å². The molecule has 0 unspecified atom stereocenters. The minimum atomic E-state index is -0.668. The van der Waals surface area contributed by atoms with E-state index >= 15 is 0 Å². The van der Waals surface area contributed by atoms with Crippen LogP contribution in [0, 0.1) is 5.92 Å². The molecule has 0 amide bonds. The molecular weight excluding hydrogens is 202 g/mol. The molecule has 3 heteroatoms. The van der Waals surface area contributed by atoms with Gasteiger partial charge in [-0.15, -0.1) is 0 Å². The molecule has 0 aromatic heterocycles. The minimum Gasteiger partial charge on any atom is -0.464 e. The summed E-state index contributed by atoms with van der Waals surface area (Å²) in [6, 6.07) is 9.78. The first-order valence-corrected chi connectivity index (χ1v) is 5.61. The van der Waals surface area contributed by atoms with E-state index in [0.29, 0.717) is 12.5 Å². The highest BCUT2D eigenvalue weighted by Crippen LogP contribution is 2.33. The molecule has 0 spiro atoms. The number of carbonyl (C=O) groups excluding carboxylic acids is 1. The van der Waals surface area contributed by atoms with Gasteiger partial charge in [-0.25, -0.2) is 4.79 Å². The maximum absolute atomic E-state index is 12.0. The zero-order chi connectivity index (χ0) is 11.6. The summed E-state index contributed by atoms with van der Waals surface area (Å²) in [6.45, 7) is 2.62. The molecular formula is C13H17NO2. The van der Waals surface area contributed by atoms with Crippen molar-refractivity contribution in [1.29, 1.82) is 0 Å². The Kier molecular flexibility index (Phi) is 2.97. The summed E-state index contributed by atoms with van der Waals surface area (Å²) in [7, 11) is 1.81. The standard InChI is InChI=1S/C13H17NO2/c1-10-8-13(14-2,12(15)16-9-10)11-6-4-3-5-7-11/h3-7,10,14H,8-9H2,1-2H3/t10-,13+/m1/s1. The lowest BCUT2D eigenvalue weighted by atomic mass is 9.80. The van der Waals surface area contributed by atoms with Crippen LogP contribution in [0.15, 0.2) is 30.3 Å². The molecule has 0 bridgehead atoms. The van der Waals surface area contributed by atoms with Crippen LogP contribution >= 0.6 is 0 Å². The van der Waals surface area contributed by atoms with Gasteiger partial charge in [-0.3, -0.25) is 0 Å². The number of ether oxygens (including phenoxy) is 1. The first-order chi connectivity index (χ1) is 7.69. The summed E-state index contributed by atoms with van der Waals surface area (Å²) >= 11 is 0. The molecule has 1 saturated heterocycles. The normalized spacial score (nSPS) is 29.9. The van der Waals surface area contributed by atoms with E-state index in [1.807, 2.05) is 37.4 Å². The quantitative estimate of drug-likeness (QED) is 0.769. The van der Waals surface area contributed by atoms with Gasteiger partial charge in [0.05, 0.1) is 6.61 Å². The monoisotopic (exact) mass is 219 g/mol. The maximum atomic E-state index is 12.0. The molecule has 1 N–H and O–H groups in total. The van der Waals surface area contributed by atoms with Gasteiger partial charge in [0.2, 0.25) is 0 Å². The molecule has 0 aliphatic carbocycles. The SMILES string of the molecule is CN[C@]1(c2ccccc2)C[C@@H](C)COC1=O. The molecule has 16 heavy (non-hydrogen) atoms. The number of nitrogens with one attached hydrogen (secondary N) is 1. The predicted octanol–water partition coefficient (Wildman–Crippen LogP) is 1.68. The molecule has 1 fully saturated rings. The predicted molar refractivity (Wildman–Crippen MR) is 61.9 cm³/mol. The molecule has 1 aromatic rings. The number of hydrogen-bond donors (Lipinski definition) is 1. The largest absolute Gasteiger partial charge is 0.464 e. The van der Waals surface area contributed by atoms with Gasteiger partial charge in [-0.1, -0.05) is 37.3 Å². The van der Waals surface area contributed by atoms with Crippen molar-refractivity contribution in [3.63, 3.8) is 0 Å². The van der Waals surface area contributed by atoms with E-state index in [1.165, 1.54) is 0 Å². The average molecular weight is 219 g/mol. The Morgan fingerprint density at radius 2 is 2.06 bits per heavy atom. The molecule has 1 aromatic carbocycles. The fourth-order valence-electron chi connectivity index (χ4n) is 2.31. The molecule has 3 nitrogen and oxygen atoms in total. The second kappa shape index (κ2) is 4.26. The van der Waals surface area contributed by atoms with Gasteiger partial charge in [-0.05, 0) is 24.9 Å². The second-order valence-electron chi connectivity index (χ2n) is 4.43. The molecule has 2 atom stereocenters. The van der Waals surface area contributed by atoms with E-state index in [-0.39, 0.29) is 5.97 Å². The Balaban J connectivity index is 2.41. The Hall–Kier alpha value is -1.35. The summed E-state index contributed by atoms with van der Waals surface area (Å²) in [6.07, 6.45) is 0.784. The average Bonchev–Trinajstić information content (AvgIpc) is 2.33. The summed E-state index contributed by atoms with van der Waals surface area (Å²) < 4.78 is 5.25. The van der Waals surface area contributed by atoms with Crippen LogP contribution in [0.1, 0.15) is 18.9 Å². The van der Waals surface area contributed by atoms with E-state index < -0.39 is 5.54 Å². The number of hydrogen-bond acceptors (Lipinski definition) is 3. The van der Waals surface area contributed by atoms with Crippen molar-refractivity contribution in [2.45, 2.75) is 18.9 Å². The smallest absolute Gasteiger partial charge is 0.331 e. The van der Waals surface area contributed by atoms with Crippen LogP contribution in [0.25, 0.3) is 0 Å². The summed E-state index contributed by atoms with van der Waals surface area (Å²) in [5, 5.41) is 3.14. The Morgan fingerprint density at radius 1 is 1.38 bits per heavy atom. The highest BCUT2D eigenvalue weighted by atomic mass is 16.5. The van der Waals surface area contributed by atoms with Gasteiger partial charge in [0.1, 0.15) is 5.54 Å². The van der Waals surface area contributed by atoms with Gasteiger partial charge >= 0.3 is 5.97 Å². The second-order valence-corrected chi connectivity index (χ2v) is 4.43. The van der Waals surface area contributed by atoms with Crippen molar-refractivity contribution >= 4 is 5.97 Å². The lowest BCUT2D eigenvalue weighted by Crippen LogP contribution is -2.53. The van der Waals surface area contributed by atoms with Crippen molar-refractivity contribution < 1.29 is 9.53 Å². The van der Waals surface area contributed by atoms with E-state index in [4.69, 9.17) is 4.74 Å². The molecule has 1 aliphatic rings. The zero-order valence-electron chi connectivity index (χ0n) is 9.69. The number of rotatable bonds is 2. The van der Waals surface area contributed by atoms with Crippen molar-refractivity contribution in [2.75, 3.05) is 13.7 Å². The molecule has 86 valence electrons. The van der Waals surface area contributed by atoms with Crippen LogP contribution in [-0.2, 0) is 15.1 Å². The summed E-state index contributed by atoms with van der Waals surface area (Å²) in [5.74, 6) is 0.213. The number of carbonyl (C=O) groups is 1. The van der Waals surface area contributed by atoms with E-state index in [2.05, 4.69) is 12.2 Å². The highest BCUT2D eigenvalue weighted by Gasteiger charge is 2.44. The van der Waals surface area contributed by atoms with Gasteiger partial charge in [-0.2, -0.15) is 0 Å². The van der Waals surface area contributed by atoms with Gasteiger partial charge < -0.3 is 10.1 Å². The van der Waals surface area contributed by atoms with E-state index in [9.17, 15) is 4.79 Å². The van der Waals surface area contributed by atoms with Crippen molar-refractivity contribution in [3.05, 3.63) is 35.9 Å². The van der Waals surface area contributed by atoms with Crippen LogP contribution in [0.3, 0.4) is 0 Å². The van der Waals surface area contributed by atoms with Crippen molar-refractivity contribution in [1.82, 2.24) is 5.32 Å². The number of benzene rings is 1. The lowest BCUT2D eigenvalue weighted by molar-refractivity contribution is -0.160. The molecule has 1 aliphatic heterocycles. The fourth-order valence-corrected chi connectivity index (χ4v) is 2.31. The van der Waals surface area contributed by atoms with E-state index in [1.54, 1.807) is 0 Å². The van der Waals surface area contributed by atoms with Gasteiger partial charge in [0, 0.05) is 0 Å². The number of cyclic esters (lactones) is 1. The lowest BCUT2D eigenvalue weighted by Gasteiger charge is -2.38. The highest BCUT2D eigenvalue weighted by molar-refractivity contribution is 5.83. The molecule has 1 heterocycles. The third-order valence-electron chi connectivity index (χ3n) is 3.20. The molecule has 0 saturated carbocycles. The molecule has 0 radical (unpaired) electrons. The van der Waals surface area contributed by atoms with Crippen LogP contribution in [0.5, 0.6) is 0 Å². The Bertz CT molecular complexity index is 377. The first-order valence-electron chi connectivity index (χ1n) is 5.61. The molecule has 2 rings (SSSR count). The summed E-state index contributed by atoms with van der Waals surface area (Å²) in [4.78, 5) is 12.0.